The van der Waals surface area contributed by atoms with Crippen LogP contribution in [0, 0.1) is 5.92 Å². The molecule has 0 aliphatic carbocycles. The molecule has 6 nitrogen and oxygen atoms in total. The summed E-state index contributed by atoms with van der Waals surface area (Å²) in [7, 11) is 4.04. The van der Waals surface area contributed by atoms with Crippen molar-refractivity contribution in [1.29, 1.82) is 0 Å². The van der Waals surface area contributed by atoms with Crippen molar-refractivity contribution in [1.82, 2.24) is 14.8 Å². The number of nitrogens with zero attached hydrogens (tertiary/aromatic N) is 4. The second-order valence-corrected chi connectivity index (χ2v) is 6.95. The van der Waals surface area contributed by atoms with Gasteiger partial charge in [-0.15, -0.1) is 0 Å². The van der Waals surface area contributed by atoms with E-state index in [4.69, 9.17) is 4.74 Å². The quantitative estimate of drug-likeness (QED) is 0.833. The fourth-order valence-electron chi connectivity index (χ4n) is 3.64. The van der Waals surface area contributed by atoms with E-state index < -0.39 is 0 Å². The molecule has 1 amide bonds. The lowest BCUT2D eigenvalue weighted by Gasteiger charge is -2.32. The minimum atomic E-state index is 0.0123. The van der Waals surface area contributed by atoms with Gasteiger partial charge in [0.25, 0.3) is 5.91 Å². The van der Waals surface area contributed by atoms with Gasteiger partial charge in [0, 0.05) is 45.1 Å². The van der Waals surface area contributed by atoms with Gasteiger partial charge < -0.3 is 19.4 Å². The summed E-state index contributed by atoms with van der Waals surface area (Å²) in [6.45, 7) is 6.23. The largest absolute Gasteiger partial charge is 0.378 e. The molecule has 6 heteroatoms. The molecule has 0 N–H and O–H groups in total. The van der Waals surface area contributed by atoms with Gasteiger partial charge in [0.1, 0.15) is 5.69 Å². The Kier molecular flexibility index (Phi) is 5.68. The Labute approximate surface area is 144 Å². The van der Waals surface area contributed by atoms with Crippen LogP contribution in [0.4, 0.5) is 5.69 Å². The van der Waals surface area contributed by atoms with Crippen molar-refractivity contribution in [2.75, 3.05) is 64.9 Å². The summed E-state index contributed by atoms with van der Waals surface area (Å²) in [5.74, 6) is 0.568. The normalized spacial score (nSPS) is 22.4. The number of pyridine rings is 1. The molecule has 0 radical (unpaired) electrons. The minimum Gasteiger partial charge on any atom is -0.378 e. The molecule has 2 saturated heterocycles. The Hall–Kier alpha value is -1.66. The predicted molar refractivity (Wildman–Crippen MR) is 94.5 cm³/mol. The average Bonchev–Trinajstić information content (AvgIpc) is 2.62. The molecule has 1 atom stereocenters. The van der Waals surface area contributed by atoms with Crippen molar-refractivity contribution in [2.24, 2.45) is 5.92 Å². The van der Waals surface area contributed by atoms with Crippen molar-refractivity contribution >= 4 is 11.6 Å². The summed E-state index contributed by atoms with van der Waals surface area (Å²) in [4.78, 5) is 23.5. The molecule has 3 heterocycles. The molecule has 1 aromatic heterocycles. The molecule has 1 aromatic rings. The van der Waals surface area contributed by atoms with Gasteiger partial charge in [0.05, 0.1) is 13.2 Å². The van der Waals surface area contributed by atoms with E-state index in [0.717, 1.165) is 51.6 Å². The van der Waals surface area contributed by atoms with E-state index in [1.807, 2.05) is 24.1 Å². The fourth-order valence-corrected chi connectivity index (χ4v) is 3.64. The summed E-state index contributed by atoms with van der Waals surface area (Å²) in [6, 6.07) is 3.88. The number of hydrogen-bond donors (Lipinski definition) is 0. The molecule has 132 valence electrons. The van der Waals surface area contributed by atoms with Crippen molar-refractivity contribution in [2.45, 2.75) is 12.8 Å². The molecule has 1 unspecified atom stereocenters. The number of anilines is 1. The van der Waals surface area contributed by atoms with Crippen LogP contribution in [0.5, 0.6) is 0 Å². The van der Waals surface area contributed by atoms with Crippen LogP contribution >= 0.6 is 0 Å². The Morgan fingerprint density at radius 3 is 2.92 bits per heavy atom. The first kappa shape index (κ1) is 17.2. The Balaban J connectivity index is 1.63. The van der Waals surface area contributed by atoms with Crippen molar-refractivity contribution < 1.29 is 9.53 Å². The van der Waals surface area contributed by atoms with E-state index in [1.54, 1.807) is 6.20 Å². The zero-order valence-corrected chi connectivity index (χ0v) is 14.8. The van der Waals surface area contributed by atoms with E-state index in [9.17, 15) is 4.79 Å². The molecule has 0 bridgehead atoms. The zero-order valence-electron chi connectivity index (χ0n) is 14.8. The highest BCUT2D eigenvalue weighted by Crippen LogP contribution is 2.19. The van der Waals surface area contributed by atoms with Crippen LogP contribution < -0.4 is 4.90 Å². The van der Waals surface area contributed by atoms with Gasteiger partial charge in [0.2, 0.25) is 0 Å². The van der Waals surface area contributed by atoms with Gasteiger partial charge >= 0.3 is 0 Å². The van der Waals surface area contributed by atoms with Gasteiger partial charge in [-0.3, -0.25) is 9.78 Å². The molecular weight excluding hydrogens is 304 g/mol. The summed E-state index contributed by atoms with van der Waals surface area (Å²) in [6.07, 6.45) is 4.15. The van der Waals surface area contributed by atoms with Crippen LogP contribution in [0.2, 0.25) is 0 Å². The molecule has 24 heavy (non-hydrogen) atoms. The van der Waals surface area contributed by atoms with Crippen LogP contribution in [0.15, 0.2) is 18.3 Å². The van der Waals surface area contributed by atoms with E-state index >= 15 is 0 Å². The van der Waals surface area contributed by atoms with Crippen molar-refractivity contribution in [3.05, 3.63) is 24.0 Å². The zero-order chi connectivity index (χ0) is 16.9. The third-order valence-electron chi connectivity index (χ3n) is 4.94. The molecule has 2 aliphatic rings. The van der Waals surface area contributed by atoms with Crippen molar-refractivity contribution in [3.8, 4) is 0 Å². The van der Waals surface area contributed by atoms with Gasteiger partial charge in [-0.25, -0.2) is 0 Å². The number of carbonyl (C=O) groups excluding carboxylic acids is 1. The highest BCUT2D eigenvalue weighted by atomic mass is 16.5. The number of piperidine rings is 1. The fraction of sp³-hybridized carbons (Fsp3) is 0.667. The van der Waals surface area contributed by atoms with E-state index in [1.165, 1.54) is 12.8 Å². The lowest BCUT2D eigenvalue weighted by atomic mass is 9.98. The smallest absolute Gasteiger partial charge is 0.272 e. The van der Waals surface area contributed by atoms with Crippen LogP contribution in [0.3, 0.4) is 0 Å². The highest BCUT2D eigenvalue weighted by molar-refractivity contribution is 5.93. The third kappa shape index (κ3) is 4.24. The number of morpholine rings is 1. The molecule has 3 rings (SSSR count). The number of amides is 1. The molecule has 2 fully saturated rings. The third-order valence-corrected chi connectivity index (χ3v) is 4.94. The number of rotatable bonds is 4. The monoisotopic (exact) mass is 332 g/mol. The Morgan fingerprint density at radius 1 is 1.38 bits per heavy atom. The van der Waals surface area contributed by atoms with Crippen LogP contribution in [-0.2, 0) is 4.74 Å². The van der Waals surface area contributed by atoms with E-state index in [2.05, 4.69) is 21.8 Å². The lowest BCUT2D eigenvalue weighted by Crippen LogP contribution is -2.40. The first-order chi connectivity index (χ1) is 11.6. The van der Waals surface area contributed by atoms with Gasteiger partial charge in [0.15, 0.2) is 0 Å². The summed E-state index contributed by atoms with van der Waals surface area (Å²) in [5, 5.41) is 0. The Bertz CT molecular complexity index is 560. The number of hydrogen-bond acceptors (Lipinski definition) is 5. The maximum absolute atomic E-state index is 12.7. The van der Waals surface area contributed by atoms with E-state index in [0.29, 0.717) is 11.6 Å². The van der Waals surface area contributed by atoms with Crippen LogP contribution in [0.1, 0.15) is 23.3 Å². The molecular formula is C18H28N4O2. The second kappa shape index (κ2) is 7.94. The highest BCUT2D eigenvalue weighted by Gasteiger charge is 2.22. The number of likely N-dealkylation sites (tertiary alicyclic amines) is 1. The molecule has 0 spiro atoms. The molecule has 2 aliphatic heterocycles. The van der Waals surface area contributed by atoms with Crippen molar-refractivity contribution in [3.63, 3.8) is 0 Å². The summed E-state index contributed by atoms with van der Waals surface area (Å²) in [5.41, 5.74) is 1.59. The Morgan fingerprint density at radius 2 is 2.17 bits per heavy atom. The number of aromatic nitrogens is 1. The lowest BCUT2D eigenvalue weighted by molar-refractivity contribution is 0.0735. The maximum Gasteiger partial charge on any atom is 0.272 e. The van der Waals surface area contributed by atoms with Crippen LogP contribution in [0.25, 0.3) is 0 Å². The standard InChI is InChI=1S/C18H28N4O2/c1-20-7-3-4-15(13-20)14-21(2)18(23)17-12-16(5-6-19-17)22-8-10-24-11-9-22/h5-6,12,15H,3-4,7-11,13-14H2,1-2H3. The maximum atomic E-state index is 12.7. The van der Waals surface area contributed by atoms with Crippen LogP contribution in [-0.4, -0.2) is 80.7 Å². The summed E-state index contributed by atoms with van der Waals surface area (Å²) < 4.78 is 5.39. The minimum absolute atomic E-state index is 0.0123. The number of ether oxygens (including phenoxy) is 1. The SMILES string of the molecule is CN1CCCC(CN(C)C(=O)c2cc(N3CCOCC3)ccn2)C1. The second-order valence-electron chi connectivity index (χ2n) is 6.95. The first-order valence-corrected chi connectivity index (χ1v) is 8.86. The molecule has 0 aromatic carbocycles. The van der Waals surface area contributed by atoms with Gasteiger partial charge in [-0.05, 0) is 44.5 Å². The average molecular weight is 332 g/mol. The summed E-state index contributed by atoms with van der Waals surface area (Å²) >= 11 is 0. The van der Waals surface area contributed by atoms with Gasteiger partial charge in [-0.1, -0.05) is 0 Å². The first-order valence-electron chi connectivity index (χ1n) is 8.86. The predicted octanol–water partition coefficient (Wildman–Crippen LogP) is 1.33. The van der Waals surface area contributed by atoms with Gasteiger partial charge in [-0.2, -0.15) is 0 Å². The number of carbonyl (C=O) groups is 1. The van der Waals surface area contributed by atoms with E-state index in [-0.39, 0.29) is 5.91 Å². The topological polar surface area (TPSA) is 48.9 Å². The molecule has 0 saturated carbocycles.